The second-order valence-corrected chi connectivity index (χ2v) is 2.48. The molecule has 0 heterocycles. The van der Waals surface area contributed by atoms with Crippen molar-refractivity contribution in [1.29, 1.82) is 5.26 Å². The molecule has 0 aliphatic carbocycles. The molecule has 0 aliphatic rings. The Morgan fingerprint density at radius 2 is 2.15 bits per heavy atom. The molecule has 13 heavy (non-hydrogen) atoms. The zero-order valence-corrected chi connectivity index (χ0v) is 7.03. The molecule has 0 atom stereocenters. The summed E-state index contributed by atoms with van der Waals surface area (Å²) in [4.78, 5) is 10.8. The van der Waals surface area contributed by atoms with Gasteiger partial charge in [-0.15, -0.1) is 0 Å². The summed E-state index contributed by atoms with van der Waals surface area (Å²) in [5, 5.41) is 10.8. The number of nitriles is 1. The topological polar surface area (TPSA) is 52.9 Å². The summed E-state index contributed by atoms with van der Waals surface area (Å²) < 4.78 is 0. The van der Waals surface area contributed by atoms with Crippen LogP contribution in [0.2, 0.25) is 0 Å². The van der Waals surface area contributed by atoms with E-state index in [0.29, 0.717) is 6.54 Å². The fraction of sp³-hybridized carbons (Fsp3) is 0.100. The molecular formula is C10H9N2O. The number of hydrogen-bond donors (Lipinski definition) is 1. The second kappa shape index (κ2) is 4.94. The first-order chi connectivity index (χ1) is 6.33. The highest BCUT2D eigenvalue weighted by atomic mass is 16.1. The number of rotatable bonds is 3. The highest BCUT2D eigenvalue weighted by molar-refractivity contribution is 5.87. The van der Waals surface area contributed by atoms with Gasteiger partial charge in [0.1, 0.15) is 6.42 Å². The van der Waals surface area contributed by atoms with Gasteiger partial charge in [-0.25, -0.2) is 0 Å². The summed E-state index contributed by atoms with van der Waals surface area (Å²) in [6.45, 7) is 0.456. The standard InChI is InChI=1S/C10H9N2O/c11-7-6-10(13)12-8-9-4-2-1-3-5-9/h1-6H,8H2,(H,12,13). The zero-order chi connectivity index (χ0) is 9.52. The lowest BCUT2D eigenvalue weighted by Crippen LogP contribution is -2.22. The average Bonchev–Trinajstić information content (AvgIpc) is 2.17. The van der Waals surface area contributed by atoms with Gasteiger partial charge in [-0.1, -0.05) is 30.3 Å². The van der Waals surface area contributed by atoms with Crippen molar-refractivity contribution in [2.24, 2.45) is 0 Å². The van der Waals surface area contributed by atoms with Crippen molar-refractivity contribution < 1.29 is 4.79 Å². The van der Waals surface area contributed by atoms with Crippen molar-refractivity contribution in [2.75, 3.05) is 0 Å². The van der Waals surface area contributed by atoms with Gasteiger partial charge >= 0.3 is 0 Å². The Labute approximate surface area is 77.0 Å². The smallest absolute Gasteiger partial charge is 0.239 e. The maximum absolute atomic E-state index is 10.8. The molecule has 1 aromatic carbocycles. The predicted molar refractivity (Wildman–Crippen MR) is 48.2 cm³/mol. The fourth-order valence-corrected chi connectivity index (χ4v) is 0.895. The zero-order valence-electron chi connectivity index (χ0n) is 7.03. The number of nitrogens with zero attached hydrogens (tertiary/aromatic N) is 1. The van der Waals surface area contributed by atoms with Crippen LogP contribution in [0.5, 0.6) is 0 Å². The maximum atomic E-state index is 10.8. The van der Waals surface area contributed by atoms with Gasteiger partial charge in [0.05, 0.1) is 6.07 Å². The highest BCUT2D eigenvalue weighted by Gasteiger charge is 1.98. The summed E-state index contributed by atoms with van der Waals surface area (Å²) in [7, 11) is 0. The number of carbonyl (C=O) groups is 1. The van der Waals surface area contributed by atoms with Crippen LogP contribution in [0.4, 0.5) is 0 Å². The van der Waals surface area contributed by atoms with Crippen LogP contribution in [0.3, 0.4) is 0 Å². The van der Waals surface area contributed by atoms with E-state index in [0.717, 1.165) is 12.0 Å². The lowest BCUT2D eigenvalue weighted by molar-refractivity contribution is -0.117. The molecule has 1 aromatic rings. The van der Waals surface area contributed by atoms with Gasteiger partial charge < -0.3 is 5.32 Å². The molecule has 0 fully saturated rings. The Kier molecular flexibility index (Phi) is 3.52. The van der Waals surface area contributed by atoms with Crippen LogP contribution in [0.15, 0.2) is 30.3 Å². The molecule has 0 unspecified atom stereocenters. The van der Waals surface area contributed by atoms with Gasteiger partial charge in [-0.05, 0) is 5.56 Å². The second-order valence-electron chi connectivity index (χ2n) is 2.48. The number of carbonyl (C=O) groups excluding carboxylic acids is 1. The minimum atomic E-state index is -0.355. The van der Waals surface area contributed by atoms with Gasteiger partial charge in [0, 0.05) is 6.54 Å². The van der Waals surface area contributed by atoms with E-state index in [2.05, 4.69) is 5.32 Å². The molecular weight excluding hydrogens is 164 g/mol. The molecule has 1 radical (unpaired) electrons. The fourth-order valence-electron chi connectivity index (χ4n) is 0.895. The maximum Gasteiger partial charge on any atom is 0.239 e. The lowest BCUT2D eigenvalue weighted by Gasteiger charge is -2.01. The van der Waals surface area contributed by atoms with Gasteiger partial charge in [0.25, 0.3) is 0 Å². The molecule has 1 N–H and O–H groups in total. The van der Waals surface area contributed by atoms with Crippen LogP contribution in [0, 0.1) is 17.8 Å². The van der Waals surface area contributed by atoms with E-state index >= 15 is 0 Å². The molecule has 0 saturated heterocycles. The monoisotopic (exact) mass is 173 g/mol. The summed E-state index contributed by atoms with van der Waals surface area (Å²) in [6, 6.07) is 11.2. The average molecular weight is 173 g/mol. The predicted octanol–water partition coefficient (Wildman–Crippen LogP) is 1.03. The van der Waals surface area contributed by atoms with Crippen LogP contribution in [-0.4, -0.2) is 5.91 Å². The third-order valence-electron chi connectivity index (χ3n) is 1.51. The molecule has 0 bridgehead atoms. The molecule has 3 heteroatoms. The van der Waals surface area contributed by atoms with Crippen LogP contribution >= 0.6 is 0 Å². The first-order valence-electron chi connectivity index (χ1n) is 3.87. The molecule has 0 saturated carbocycles. The largest absolute Gasteiger partial charge is 0.351 e. The minimum absolute atomic E-state index is 0.355. The Hall–Kier alpha value is -1.82. The Bertz CT molecular complexity index is 313. The van der Waals surface area contributed by atoms with Crippen LogP contribution in [0.1, 0.15) is 5.56 Å². The number of nitrogens with one attached hydrogen (secondary N) is 1. The Balaban J connectivity index is 2.36. The first-order valence-corrected chi connectivity index (χ1v) is 3.87. The summed E-state index contributed by atoms with van der Waals surface area (Å²) in [6.07, 6.45) is 0.947. The van der Waals surface area contributed by atoms with Crippen molar-refractivity contribution in [1.82, 2.24) is 5.32 Å². The SMILES string of the molecule is N#C[CH]C(=O)NCc1ccccc1. The van der Waals surface area contributed by atoms with E-state index in [-0.39, 0.29) is 5.91 Å². The summed E-state index contributed by atoms with van der Waals surface area (Å²) in [5.74, 6) is -0.355. The molecule has 3 nitrogen and oxygen atoms in total. The highest BCUT2D eigenvalue weighted by Crippen LogP contribution is 1.96. The number of amides is 1. The number of benzene rings is 1. The van der Waals surface area contributed by atoms with E-state index in [1.807, 2.05) is 30.3 Å². The van der Waals surface area contributed by atoms with Gasteiger partial charge in [-0.3, -0.25) is 4.79 Å². The van der Waals surface area contributed by atoms with E-state index in [9.17, 15) is 4.79 Å². The van der Waals surface area contributed by atoms with Crippen molar-refractivity contribution in [3.63, 3.8) is 0 Å². The van der Waals surface area contributed by atoms with E-state index in [1.54, 1.807) is 6.07 Å². The normalized spacial score (nSPS) is 8.85. The van der Waals surface area contributed by atoms with Crippen molar-refractivity contribution >= 4 is 5.91 Å². The molecule has 65 valence electrons. The quantitative estimate of drug-likeness (QED) is 0.742. The van der Waals surface area contributed by atoms with Gasteiger partial charge in [0.2, 0.25) is 5.91 Å². The van der Waals surface area contributed by atoms with Crippen LogP contribution in [0.25, 0.3) is 0 Å². The van der Waals surface area contributed by atoms with E-state index < -0.39 is 0 Å². The molecule has 0 aromatic heterocycles. The van der Waals surface area contributed by atoms with Crippen molar-refractivity contribution in [3.05, 3.63) is 42.3 Å². The Morgan fingerprint density at radius 1 is 1.46 bits per heavy atom. The van der Waals surface area contributed by atoms with Crippen molar-refractivity contribution in [3.8, 4) is 6.07 Å². The van der Waals surface area contributed by atoms with Gasteiger partial charge in [0.15, 0.2) is 0 Å². The first kappa shape index (κ1) is 9.27. The molecule has 0 aliphatic heterocycles. The van der Waals surface area contributed by atoms with Gasteiger partial charge in [-0.2, -0.15) is 5.26 Å². The van der Waals surface area contributed by atoms with Crippen LogP contribution in [-0.2, 0) is 11.3 Å². The van der Waals surface area contributed by atoms with E-state index in [1.165, 1.54) is 0 Å². The molecule has 1 rings (SSSR count). The van der Waals surface area contributed by atoms with E-state index in [4.69, 9.17) is 5.26 Å². The third-order valence-corrected chi connectivity index (χ3v) is 1.51. The lowest BCUT2D eigenvalue weighted by atomic mass is 10.2. The minimum Gasteiger partial charge on any atom is -0.351 e. The van der Waals surface area contributed by atoms with Crippen molar-refractivity contribution in [2.45, 2.75) is 6.54 Å². The van der Waals surface area contributed by atoms with Crippen LogP contribution < -0.4 is 5.32 Å². The molecule has 0 spiro atoms. The molecule has 1 amide bonds. The summed E-state index contributed by atoms with van der Waals surface area (Å²) >= 11 is 0. The Morgan fingerprint density at radius 3 is 2.77 bits per heavy atom. The number of hydrogen-bond acceptors (Lipinski definition) is 2. The summed E-state index contributed by atoms with van der Waals surface area (Å²) in [5.41, 5.74) is 1.02. The third kappa shape index (κ3) is 3.39.